The number of nitrogens with zero attached hydrogens (tertiary/aromatic N) is 2. The Morgan fingerprint density at radius 3 is 2.40 bits per heavy atom. The molecule has 1 rings (SSSR count). The number of amides is 1. The third-order valence-corrected chi connectivity index (χ3v) is 2.86. The molecule has 0 spiro atoms. The summed E-state index contributed by atoms with van der Waals surface area (Å²) in [4.78, 5) is 26.1. The van der Waals surface area contributed by atoms with Crippen LogP contribution in [0.25, 0.3) is 0 Å². The summed E-state index contributed by atoms with van der Waals surface area (Å²) in [5.41, 5.74) is 0.0365. The lowest BCUT2D eigenvalue weighted by molar-refractivity contribution is -0.137. The normalized spacial score (nSPS) is 10.6. The molecule has 0 unspecified atom stereocenters. The Bertz CT molecular complexity index is 505. The van der Waals surface area contributed by atoms with E-state index in [1.165, 1.54) is 23.1 Å². The molecule has 20 heavy (non-hydrogen) atoms. The highest BCUT2D eigenvalue weighted by molar-refractivity contribution is 6.30. The van der Waals surface area contributed by atoms with Crippen LogP contribution in [0.2, 0.25) is 5.02 Å². The number of carboxylic acids is 1. The van der Waals surface area contributed by atoms with E-state index in [0.717, 1.165) is 0 Å². The number of hydrogen-bond acceptors (Lipinski definition) is 4. The van der Waals surface area contributed by atoms with Gasteiger partial charge in [-0.15, -0.1) is 0 Å². The number of rotatable bonds is 6. The number of hydrogen-bond donors (Lipinski definition) is 2. The van der Waals surface area contributed by atoms with Gasteiger partial charge in [-0.25, -0.2) is 0 Å². The van der Waals surface area contributed by atoms with Crippen molar-refractivity contribution in [2.45, 2.75) is 0 Å². The molecule has 0 atom stereocenters. The van der Waals surface area contributed by atoms with Gasteiger partial charge in [-0.05, 0) is 32.3 Å². The van der Waals surface area contributed by atoms with Gasteiger partial charge < -0.3 is 20.0 Å². The van der Waals surface area contributed by atoms with Crippen LogP contribution in [0, 0.1) is 0 Å². The van der Waals surface area contributed by atoms with Crippen molar-refractivity contribution in [2.75, 3.05) is 33.7 Å². The Hall–Kier alpha value is -1.79. The smallest absolute Gasteiger partial charge is 0.323 e. The van der Waals surface area contributed by atoms with Gasteiger partial charge in [-0.1, -0.05) is 11.6 Å². The van der Waals surface area contributed by atoms with Crippen LogP contribution >= 0.6 is 11.6 Å². The van der Waals surface area contributed by atoms with Crippen molar-refractivity contribution in [1.29, 1.82) is 0 Å². The topological polar surface area (TPSA) is 81.1 Å². The van der Waals surface area contributed by atoms with Crippen molar-refractivity contribution in [3.05, 3.63) is 28.8 Å². The molecule has 7 heteroatoms. The molecule has 110 valence electrons. The summed E-state index contributed by atoms with van der Waals surface area (Å²) in [7, 11) is 3.65. The molecule has 1 aromatic carbocycles. The van der Waals surface area contributed by atoms with E-state index in [1.807, 2.05) is 19.0 Å². The molecule has 6 nitrogen and oxygen atoms in total. The number of carbonyl (C=O) groups excluding carboxylic acids is 1. The molecular formula is C13H17ClN2O4. The number of phenols is 1. The number of benzene rings is 1. The fourth-order valence-electron chi connectivity index (χ4n) is 1.59. The van der Waals surface area contributed by atoms with Crippen molar-refractivity contribution in [3.8, 4) is 5.75 Å². The van der Waals surface area contributed by atoms with Gasteiger partial charge in [0.15, 0.2) is 0 Å². The summed E-state index contributed by atoms with van der Waals surface area (Å²) < 4.78 is 0. The number of aliphatic carboxylic acids is 1. The van der Waals surface area contributed by atoms with E-state index in [9.17, 15) is 14.7 Å². The molecule has 0 saturated carbocycles. The molecule has 0 aromatic heterocycles. The first-order valence-corrected chi connectivity index (χ1v) is 6.33. The van der Waals surface area contributed by atoms with E-state index >= 15 is 0 Å². The highest BCUT2D eigenvalue weighted by Gasteiger charge is 2.21. The number of aromatic hydroxyl groups is 1. The molecule has 2 N–H and O–H groups in total. The molecule has 0 aliphatic heterocycles. The predicted molar refractivity (Wildman–Crippen MR) is 75.2 cm³/mol. The first kappa shape index (κ1) is 16.3. The highest BCUT2D eigenvalue weighted by Crippen LogP contribution is 2.23. The molecule has 0 heterocycles. The van der Waals surface area contributed by atoms with Crippen molar-refractivity contribution in [2.24, 2.45) is 0 Å². The van der Waals surface area contributed by atoms with Gasteiger partial charge in [0.1, 0.15) is 12.3 Å². The molecule has 0 aliphatic rings. The molecule has 0 fully saturated rings. The van der Waals surface area contributed by atoms with Gasteiger partial charge in [0.05, 0.1) is 5.56 Å². The lowest BCUT2D eigenvalue weighted by Crippen LogP contribution is -2.40. The SMILES string of the molecule is CN(C)CCN(CC(=O)O)C(=O)c1ccc(Cl)cc1O. The standard InChI is InChI=1S/C13H17ClN2O4/c1-15(2)5-6-16(8-12(18)19)13(20)10-4-3-9(14)7-11(10)17/h3-4,7,17H,5-6,8H2,1-2H3,(H,18,19). The number of carbonyl (C=O) groups is 2. The minimum absolute atomic E-state index is 0.0365. The molecule has 0 radical (unpaired) electrons. The van der Waals surface area contributed by atoms with Crippen LogP contribution in [0.5, 0.6) is 5.75 Å². The van der Waals surface area contributed by atoms with Gasteiger partial charge in [-0.2, -0.15) is 0 Å². The van der Waals surface area contributed by atoms with Gasteiger partial charge in [-0.3, -0.25) is 9.59 Å². The third kappa shape index (κ3) is 4.71. The summed E-state index contributed by atoms with van der Waals surface area (Å²) in [5, 5.41) is 18.9. The Morgan fingerprint density at radius 1 is 1.25 bits per heavy atom. The Balaban J connectivity index is 2.93. The van der Waals surface area contributed by atoms with Crippen molar-refractivity contribution < 1.29 is 19.8 Å². The number of halogens is 1. The first-order valence-electron chi connectivity index (χ1n) is 5.95. The maximum absolute atomic E-state index is 12.3. The molecule has 0 bridgehead atoms. The van der Waals surface area contributed by atoms with Crippen LogP contribution in [-0.2, 0) is 4.79 Å². The summed E-state index contributed by atoms with van der Waals surface area (Å²) in [6, 6.07) is 4.10. The number of likely N-dealkylation sites (N-methyl/N-ethyl adjacent to an activating group) is 1. The minimum Gasteiger partial charge on any atom is -0.507 e. The summed E-state index contributed by atoms with van der Waals surface area (Å²) in [6.07, 6.45) is 0. The van der Waals surface area contributed by atoms with Gasteiger partial charge in [0, 0.05) is 18.1 Å². The van der Waals surface area contributed by atoms with Gasteiger partial charge in [0.25, 0.3) is 5.91 Å². The van der Waals surface area contributed by atoms with E-state index in [0.29, 0.717) is 11.6 Å². The molecule has 0 aliphatic carbocycles. The van der Waals surface area contributed by atoms with Crippen molar-refractivity contribution in [1.82, 2.24) is 9.80 Å². The summed E-state index contributed by atoms with van der Waals surface area (Å²) in [6.45, 7) is 0.350. The van der Waals surface area contributed by atoms with E-state index in [4.69, 9.17) is 16.7 Å². The maximum Gasteiger partial charge on any atom is 0.323 e. The molecular weight excluding hydrogens is 284 g/mol. The molecule has 1 aromatic rings. The molecule has 0 saturated heterocycles. The second-order valence-electron chi connectivity index (χ2n) is 4.59. The highest BCUT2D eigenvalue weighted by atomic mass is 35.5. The fourth-order valence-corrected chi connectivity index (χ4v) is 1.76. The zero-order valence-corrected chi connectivity index (χ0v) is 12.1. The van der Waals surface area contributed by atoms with Crippen LogP contribution < -0.4 is 0 Å². The first-order chi connectivity index (χ1) is 9.31. The van der Waals surface area contributed by atoms with Gasteiger partial charge >= 0.3 is 5.97 Å². The second kappa shape index (κ2) is 7.12. The third-order valence-electron chi connectivity index (χ3n) is 2.62. The van der Waals surface area contributed by atoms with Crippen LogP contribution in [0.15, 0.2) is 18.2 Å². The Kier molecular flexibility index (Phi) is 5.79. The van der Waals surface area contributed by atoms with Crippen LogP contribution in [0.4, 0.5) is 0 Å². The van der Waals surface area contributed by atoms with E-state index in [-0.39, 0.29) is 17.9 Å². The quantitative estimate of drug-likeness (QED) is 0.823. The Labute approximate surface area is 122 Å². The minimum atomic E-state index is -1.11. The maximum atomic E-state index is 12.3. The summed E-state index contributed by atoms with van der Waals surface area (Å²) >= 11 is 5.70. The predicted octanol–water partition coefficient (Wildman–Crippen LogP) is 1.13. The monoisotopic (exact) mass is 300 g/mol. The lowest BCUT2D eigenvalue weighted by atomic mass is 10.1. The van der Waals surface area contributed by atoms with Gasteiger partial charge in [0.2, 0.25) is 0 Å². The van der Waals surface area contributed by atoms with E-state index in [2.05, 4.69) is 0 Å². The average Bonchev–Trinajstić information content (AvgIpc) is 2.33. The van der Waals surface area contributed by atoms with Crippen molar-refractivity contribution >= 4 is 23.5 Å². The lowest BCUT2D eigenvalue weighted by Gasteiger charge is -2.23. The number of carboxylic acid groups (broad SMARTS) is 1. The van der Waals surface area contributed by atoms with Crippen LogP contribution in [0.1, 0.15) is 10.4 Å². The zero-order chi connectivity index (χ0) is 15.3. The second-order valence-corrected chi connectivity index (χ2v) is 5.02. The molecule has 1 amide bonds. The van der Waals surface area contributed by atoms with Crippen molar-refractivity contribution in [3.63, 3.8) is 0 Å². The average molecular weight is 301 g/mol. The number of phenolic OH excluding ortho intramolecular Hbond substituents is 1. The van der Waals surface area contributed by atoms with Crippen LogP contribution in [0.3, 0.4) is 0 Å². The zero-order valence-electron chi connectivity index (χ0n) is 11.3. The summed E-state index contributed by atoms with van der Waals surface area (Å²) in [5.74, 6) is -1.91. The largest absolute Gasteiger partial charge is 0.507 e. The fraction of sp³-hybridized carbons (Fsp3) is 0.385. The van der Waals surface area contributed by atoms with E-state index < -0.39 is 18.4 Å². The van der Waals surface area contributed by atoms with E-state index in [1.54, 1.807) is 0 Å². The Morgan fingerprint density at radius 2 is 1.90 bits per heavy atom. The van der Waals surface area contributed by atoms with Crippen LogP contribution in [-0.4, -0.2) is 65.6 Å².